The number of piperidine rings is 1. The average molecular weight is 454 g/mol. The monoisotopic (exact) mass is 453 g/mol. The van der Waals surface area contributed by atoms with Crippen LogP contribution >= 0.6 is 0 Å². The molecule has 0 unspecified atom stereocenters. The number of amides is 2. The number of hydrogen-bond donors (Lipinski definition) is 0. The Hall–Kier alpha value is -3.47. The van der Waals surface area contributed by atoms with Crippen LogP contribution in [0.2, 0.25) is 0 Å². The van der Waals surface area contributed by atoms with Crippen LogP contribution in [0.3, 0.4) is 0 Å². The third-order valence-corrected chi connectivity index (χ3v) is 7.10. The average Bonchev–Trinajstić information content (AvgIpc) is 2.92. The number of benzene rings is 2. The van der Waals surface area contributed by atoms with Gasteiger partial charge in [-0.3, -0.25) is 14.6 Å². The number of carbonyl (C=O) groups excluding carboxylic acids is 2. The van der Waals surface area contributed by atoms with Crippen LogP contribution < -0.4 is 4.90 Å². The van der Waals surface area contributed by atoms with Gasteiger partial charge < -0.3 is 9.80 Å². The maximum absolute atomic E-state index is 13.3. The minimum atomic E-state index is 0.0177. The number of rotatable bonds is 5. The SMILES string of the molecule is O=C(c1cnc2c(c1)N(C(=O)CCc1ccccc1)CCC2)N1CCC(c2ccccc2)CC1. The molecule has 3 heterocycles. The first-order valence-corrected chi connectivity index (χ1v) is 12.4. The first-order chi connectivity index (χ1) is 16.7. The zero-order valence-electron chi connectivity index (χ0n) is 19.5. The lowest BCUT2D eigenvalue weighted by Gasteiger charge is -2.33. The summed E-state index contributed by atoms with van der Waals surface area (Å²) in [5.41, 5.74) is 4.83. The number of aryl methyl sites for hydroxylation is 2. The van der Waals surface area contributed by atoms with Crippen molar-refractivity contribution in [3.8, 4) is 0 Å². The minimum absolute atomic E-state index is 0.0177. The Balaban J connectivity index is 1.26. The molecule has 0 N–H and O–H groups in total. The van der Waals surface area contributed by atoms with E-state index in [9.17, 15) is 9.59 Å². The van der Waals surface area contributed by atoms with Crippen LogP contribution in [0, 0.1) is 0 Å². The molecule has 1 fully saturated rings. The van der Waals surface area contributed by atoms with Gasteiger partial charge in [-0.25, -0.2) is 0 Å². The molecule has 5 heteroatoms. The van der Waals surface area contributed by atoms with Crippen molar-refractivity contribution in [1.29, 1.82) is 0 Å². The number of anilines is 1. The molecule has 174 valence electrons. The van der Waals surface area contributed by atoms with Gasteiger partial charge in [0.25, 0.3) is 5.91 Å². The Bertz CT molecular complexity index is 1140. The molecule has 0 atom stereocenters. The third kappa shape index (κ3) is 4.89. The number of fused-ring (bicyclic) bond motifs is 1. The molecular formula is C29H31N3O2. The Kier molecular flexibility index (Phi) is 6.70. The molecule has 3 aromatic rings. The van der Waals surface area contributed by atoms with E-state index in [1.807, 2.05) is 40.1 Å². The highest BCUT2D eigenvalue weighted by molar-refractivity contribution is 5.98. The van der Waals surface area contributed by atoms with Crippen molar-refractivity contribution in [2.24, 2.45) is 0 Å². The van der Waals surface area contributed by atoms with E-state index < -0.39 is 0 Å². The van der Waals surface area contributed by atoms with E-state index in [0.29, 0.717) is 30.9 Å². The van der Waals surface area contributed by atoms with Gasteiger partial charge in [0.15, 0.2) is 0 Å². The molecule has 0 bridgehead atoms. The summed E-state index contributed by atoms with van der Waals surface area (Å²) in [5.74, 6) is 0.619. The first-order valence-electron chi connectivity index (χ1n) is 12.4. The lowest BCUT2D eigenvalue weighted by Crippen LogP contribution is -2.39. The second-order valence-corrected chi connectivity index (χ2v) is 9.30. The topological polar surface area (TPSA) is 53.5 Å². The fourth-order valence-corrected chi connectivity index (χ4v) is 5.16. The quantitative estimate of drug-likeness (QED) is 0.545. The summed E-state index contributed by atoms with van der Waals surface area (Å²) in [4.78, 5) is 34.8. The van der Waals surface area contributed by atoms with Crippen LogP contribution in [0.15, 0.2) is 72.9 Å². The number of pyridine rings is 1. The number of nitrogens with zero attached hydrogens (tertiary/aromatic N) is 3. The molecular weight excluding hydrogens is 422 g/mol. The van der Waals surface area contributed by atoms with Crippen molar-refractivity contribution in [3.63, 3.8) is 0 Å². The smallest absolute Gasteiger partial charge is 0.255 e. The number of carbonyl (C=O) groups is 2. The Morgan fingerprint density at radius 1 is 0.912 bits per heavy atom. The van der Waals surface area contributed by atoms with Gasteiger partial charge in [0.2, 0.25) is 5.91 Å². The van der Waals surface area contributed by atoms with Gasteiger partial charge in [-0.15, -0.1) is 0 Å². The molecule has 0 aliphatic carbocycles. The Morgan fingerprint density at radius 3 is 2.35 bits per heavy atom. The summed E-state index contributed by atoms with van der Waals surface area (Å²) in [5, 5.41) is 0. The zero-order chi connectivity index (χ0) is 23.3. The standard InChI is InChI=1S/C29H31N3O2/c33-28(14-13-22-8-3-1-4-9-22)32-17-7-12-26-27(32)20-25(21-30-26)29(34)31-18-15-24(16-19-31)23-10-5-2-6-11-23/h1-6,8-11,20-21,24H,7,12-19H2. The van der Waals surface area contributed by atoms with E-state index in [4.69, 9.17) is 0 Å². The third-order valence-electron chi connectivity index (χ3n) is 7.10. The van der Waals surface area contributed by atoms with Crippen LogP contribution in [-0.2, 0) is 17.6 Å². The first kappa shape index (κ1) is 22.3. The van der Waals surface area contributed by atoms with E-state index in [0.717, 1.165) is 55.7 Å². The van der Waals surface area contributed by atoms with Crippen molar-refractivity contribution < 1.29 is 9.59 Å². The second-order valence-electron chi connectivity index (χ2n) is 9.30. The second kappa shape index (κ2) is 10.2. The normalized spacial score (nSPS) is 16.2. The summed E-state index contributed by atoms with van der Waals surface area (Å²) in [6.45, 7) is 2.17. The van der Waals surface area contributed by atoms with E-state index >= 15 is 0 Å². The van der Waals surface area contributed by atoms with Crippen LogP contribution in [-0.4, -0.2) is 41.3 Å². The molecule has 0 saturated carbocycles. The molecule has 1 aromatic heterocycles. The van der Waals surface area contributed by atoms with Crippen molar-refractivity contribution in [1.82, 2.24) is 9.88 Å². The molecule has 34 heavy (non-hydrogen) atoms. The Labute approximate surface area is 201 Å². The van der Waals surface area contributed by atoms with Gasteiger partial charge >= 0.3 is 0 Å². The van der Waals surface area contributed by atoms with E-state index in [1.54, 1.807) is 6.20 Å². The van der Waals surface area contributed by atoms with E-state index in [1.165, 1.54) is 5.56 Å². The van der Waals surface area contributed by atoms with Gasteiger partial charge in [0.05, 0.1) is 16.9 Å². The van der Waals surface area contributed by atoms with Crippen LogP contribution in [0.5, 0.6) is 0 Å². The summed E-state index contributed by atoms with van der Waals surface area (Å²) >= 11 is 0. The molecule has 1 saturated heterocycles. The fourth-order valence-electron chi connectivity index (χ4n) is 5.16. The maximum atomic E-state index is 13.3. The van der Waals surface area contributed by atoms with Crippen LogP contribution in [0.1, 0.15) is 58.8 Å². The Morgan fingerprint density at radius 2 is 1.62 bits per heavy atom. The van der Waals surface area contributed by atoms with Crippen LogP contribution in [0.25, 0.3) is 0 Å². The minimum Gasteiger partial charge on any atom is -0.339 e. The van der Waals surface area contributed by atoms with Crippen molar-refractivity contribution in [2.75, 3.05) is 24.5 Å². The van der Waals surface area contributed by atoms with E-state index in [-0.39, 0.29) is 11.8 Å². The molecule has 0 spiro atoms. The lowest BCUT2D eigenvalue weighted by molar-refractivity contribution is -0.118. The molecule has 5 rings (SSSR count). The van der Waals surface area contributed by atoms with Gasteiger partial charge in [0, 0.05) is 32.3 Å². The van der Waals surface area contributed by atoms with Gasteiger partial charge in [-0.05, 0) is 55.2 Å². The molecule has 2 aromatic carbocycles. The lowest BCUT2D eigenvalue weighted by atomic mass is 9.89. The summed E-state index contributed by atoms with van der Waals surface area (Å²) in [7, 11) is 0. The highest BCUT2D eigenvalue weighted by Gasteiger charge is 2.28. The number of likely N-dealkylation sites (tertiary alicyclic amines) is 1. The van der Waals surface area contributed by atoms with Gasteiger partial charge in [-0.1, -0.05) is 60.7 Å². The van der Waals surface area contributed by atoms with Crippen molar-refractivity contribution in [2.45, 2.75) is 44.4 Å². The van der Waals surface area contributed by atoms with E-state index in [2.05, 4.69) is 41.4 Å². The van der Waals surface area contributed by atoms with Crippen molar-refractivity contribution in [3.05, 3.63) is 95.3 Å². The molecule has 0 radical (unpaired) electrons. The fraction of sp³-hybridized carbons (Fsp3) is 0.345. The predicted molar refractivity (Wildman–Crippen MR) is 134 cm³/mol. The molecule has 5 nitrogen and oxygen atoms in total. The molecule has 2 aliphatic heterocycles. The van der Waals surface area contributed by atoms with Crippen LogP contribution in [0.4, 0.5) is 5.69 Å². The largest absolute Gasteiger partial charge is 0.339 e. The highest BCUT2D eigenvalue weighted by atomic mass is 16.2. The van der Waals surface area contributed by atoms with Gasteiger partial charge in [-0.2, -0.15) is 0 Å². The summed E-state index contributed by atoms with van der Waals surface area (Å²) < 4.78 is 0. The van der Waals surface area contributed by atoms with Gasteiger partial charge in [0.1, 0.15) is 0 Å². The summed E-state index contributed by atoms with van der Waals surface area (Å²) in [6, 6.07) is 22.6. The summed E-state index contributed by atoms with van der Waals surface area (Å²) in [6.07, 6.45) is 6.55. The predicted octanol–water partition coefficient (Wildman–Crippen LogP) is 5.01. The van der Waals surface area contributed by atoms with Crippen molar-refractivity contribution >= 4 is 17.5 Å². The molecule has 2 amide bonds. The number of hydrogen-bond acceptors (Lipinski definition) is 3. The maximum Gasteiger partial charge on any atom is 0.255 e. The molecule has 2 aliphatic rings. The highest BCUT2D eigenvalue weighted by Crippen LogP contribution is 2.30. The number of aromatic nitrogens is 1. The zero-order valence-corrected chi connectivity index (χ0v) is 19.5.